The fourth-order valence-corrected chi connectivity index (χ4v) is 2.83. The Morgan fingerprint density at radius 3 is 2.33 bits per heavy atom. The number of amides is 1. The second-order valence-electron chi connectivity index (χ2n) is 7.32. The number of nitrogens with one attached hydrogen (secondary N) is 3. The lowest BCUT2D eigenvalue weighted by Gasteiger charge is -2.31. The highest BCUT2D eigenvalue weighted by Crippen LogP contribution is 2.19. The van der Waals surface area contributed by atoms with Gasteiger partial charge in [-0.1, -0.05) is 6.92 Å². The third kappa shape index (κ3) is 10.3. The number of carbonyl (C=O) groups excluding carboxylic acids is 1. The van der Waals surface area contributed by atoms with Crippen molar-refractivity contribution in [2.45, 2.75) is 52.5 Å². The third-order valence-electron chi connectivity index (χ3n) is 4.15. The first-order chi connectivity index (χ1) is 10.8. The summed E-state index contributed by atoms with van der Waals surface area (Å²) in [5, 5.41) is 9.30. The topological polar surface area (TPSA) is 68.8 Å². The molecule has 24 heavy (non-hydrogen) atoms. The smallest absolute Gasteiger partial charge is 0.239 e. The number of nitrogens with zero attached hydrogens (tertiary/aromatic N) is 2. The SMILES string of the molecule is CCN1CCC(CCNC(=NC)NCC(=O)NC(C)(C)C)CC1.I. The van der Waals surface area contributed by atoms with Crippen molar-refractivity contribution < 1.29 is 4.79 Å². The van der Waals surface area contributed by atoms with Gasteiger partial charge >= 0.3 is 0 Å². The summed E-state index contributed by atoms with van der Waals surface area (Å²) < 4.78 is 0. The maximum atomic E-state index is 11.8. The predicted molar refractivity (Wildman–Crippen MR) is 112 cm³/mol. The van der Waals surface area contributed by atoms with Gasteiger partial charge in [0.15, 0.2) is 5.96 Å². The summed E-state index contributed by atoms with van der Waals surface area (Å²) in [4.78, 5) is 18.5. The molecular weight excluding hydrogens is 417 g/mol. The molecule has 1 aliphatic rings. The second kappa shape index (κ2) is 11.9. The van der Waals surface area contributed by atoms with E-state index in [1.54, 1.807) is 7.05 Å². The van der Waals surface area contributed by atoms with Crippen LogP contribution in [0, 0.1) is 5.92 Å². The molecule has 0 bridgehead atoms. The Kier molecular flexibility index (Phi) is 11.6. The van der Waals surface area contributed by atoms with Crippen molar-refractivity contribution in [1.82, 2.24) is 20.9 Å². The molecule has 0 saturated carbocycles. The standard InChI is InChI=1S/C17H35N5O.HI/c1-6-22-11-8-14(9-12-22)7-10-19-16(18-5)20-13-15(23)21-17(2,3)4;/h14H,6-13H2,1-5H3,(H,21,23)(H2,18,19,20);1H. The third-order valence-corrected chi connectivity index (χ3v) is 4.15. The van der Waals surface area contributed by atoms with Gasteiger partial charge in [0.05, 0.1) is 6.54 Å². The monoisotopic (exact) mass is 453 g/mol. The normalized spacial score (nSPS) is 17.1. The number of halogens is 1. The van der Waals surface area contributed by atoms with Crippen molar-refractivity contribution in [2.75, 3.05) is 39.8 Å². The molecule has 0 atom stereocenters. The van der Waals surface area contributed by atoms with Gasteiger partial charge in [0.2, 0.25) is 5.91 Å². The molecule has 1 rings (SSSR count). The maximum absolute atomic E-state index is 11.8. The summed E-state index contributed by atoms with van der Waals surface area (Å²) >= 11 is 0. The summed E-state index contributed by atoms with van der Waals surface area (Å²) in [6.45, 7) is 12.9. The molecule has 1 fully saturated rings. The number of likely N-dealkylation sites (tertiary alicyclic amines) is 1. The zero-order valence-corrected chi connectivity index (χ0v) is 18.3. The van der Waals surface area contributed by atoms with E-state index in [4.69, 9.17) is 0 Å². The van der Waals surface area contributed by atoms with Gasteiger partial charge in [-0.2, -0.15) is 0 Å². The van der Waals surface area contributed by atoms with Crippen molar-refractivity contribution in [1.29, 1.82) is 0 Å². The van der Waals surface area contributed by atoms with E-state index >= 15 is 0 Å². The van der Waals surface area contributed by atoms with E-state index < -0.39 is 0 Å². The maximum Gasteiger partial charge on any atom is 0.239 e. The van der Waals surface area contributed by atoms with Crippen molar-refractivity contribution in [2.24, 2.45) is 10.9 Å². The van der Waals surface area contributed by atoms with Gasteiger partial charge in [0, 0.05) is 19.1 Å². The molecule has 0 radical (unpaired) electrons. The van der Waals surface area contributed by atoms with Gasteiger partial charge in [0.25, 0.3) is 0 Å². The van der Waals surface area contributed by atoms with Crippen LogP contribution in [0.15, 0.2) is 4.99 Å². The minimum absolute atomic E-state index is 0. The van der Waals surface area contributed by atoms with Gasteiger partial charge in [-0.3, -0.25) is 9.79 Å². The van der Waals surface area contributed by atoms with Crippen LogP contribution in [-0.4, -0.2) is 62.1 Å². The van der Waals surface area contributed by atoms with Crippen LogP contribution in [0.25, 0.3) is 0 Å². The number of aliphatic imine (C=N–C) groups is 1. The molecule has 0 spiro atoms. The van der Waals surface area contributed by atoms with E-state index in [0.717, 1.165) is 25.4 Å². The molecule has 0 aromatic carbocycles. The quantitative estimate of drug-likeness (QED) is 0.326. The van der Waals surface area contributed by atoms with Crippen LogP contribution in [0.2, 0.25) is 0 Å². The summed E-state index contributed by atoms with van der Waals surface area (Å²) in [6.07, 6.45) is 3.73. The van der Waals surface area contributed by atoms with Crippen molar-refractivity contribution in [3.05, 3.63) is 0 Å². The van der Waals surface area contributed by atoms with Crippen LogP contribution in [0.4, 0.5) is 0 Å². The van der Waals surface area contributed by atoms with Crippen LogP contribution in [0.5, 0.6) is 0 Å². The van der Waals surface area contributed by atoms with Gasteiger partial charge in [-0.25, -0.2) is 0 Å². The fraction of sp³-hybridized carbons (Fsp3) is 0.882. The first kappa shape index (κ1) is 23.4. The molecule has 0 unspecified atom stereocenters. The second-order valence-corrected chi connectivity index (χ2v) is 7.32. The van der Waals surface area contributed by atoms with E-state index in [0.29, 0.717) is 5.96 Å². The van der Waals surface area contributed by atoms with Crippen molar-refractivity contribution in [3.63, 3.8) is 0 Å². The Balaban J connectivity index is 0.00000529. The summed E-state index contributed by atoms with van der Waals surface area (Å²) in [5.41, 5.74) is -0.205. The van der Waals surface area contributed by atoms with E-state index in [1.165, 1.54) is 25.9 Å². The molecule has 142 valence electrons. The van der Waals surface area contributed by atoms with E-state index in [2.05, 4.69) is 32.8 Å². The minimum Gasteiger partial charge on any atom is -0.356 e. The lowest BCUT2D eigenvalue weighted by molar-refractivity contribution is -0.121. The highest BCUT2D eigenvalue weighted by Gasteiger charge is 2.18. The molecule has 1 aliphatic heterocycles. The Labute approximate surface area is 164 Å². The van der Waals surface area contributed by atoms with Crippen molar-refractivity contribution >= 4 is 35.8 Å². The lowest BCUT2D eigenvalue weighted by Crippen LogP contribution is -2.48. The molecular formula is C17H36IN5O. The lowest BCUT2D eigenvalue weighted by atomic mass is 9.93. The molecule has 0 aromatic heterocycles. The van der Waals surface area contributed by atoms with E-state index in [-0.39, 0.29) is 42.0 Å². The predicted octanol–water partition coefficient (Wildman–Crippen LogP) is 1.81. The molecule has 3 N–H and O–H groups in total. The molecule has 1 heterocycles. The minimum atomic E-state index is -0.205. The van der Waals surface area contributed by atoms with Crippen LogP contribution in [0.3, 0.4) is 0 Å². The number of piperidine rings is 1. The van der Waals surface area contributed by atoms with Gasteiger partial charge < -0.3 is 20.9 Å². The molecule has 0 aromatic rings. The molecule has 6 nitrogen and oxygen atoms in total. The Bertz CT molecular complexity index is 387. The average molecular weight is 453 g/mol. The van der Waals surface area contributed by atoms with Gasteiger partial charge in [-0.05, 0) is 65.6 Å². The molecule has 1 amide bonds. The van der Waals surface area contributed by atoms with Crippen molar-refractivity contribution in [3.8, 4) is 0 Å². The van der Waals surface area contributed by atoms with E-state index in [1.807, 2.05) is 20.8 Å². The zero-order chi connectivity index (χ0) is 17.3. The Hall–Kier alpha value is -0.570. The average Bonchev–Trinajstić information content (AvgIpc) is 2.49. The number of rotatable bonds is 6. The number of guanidine groups is 1. The fourth-order valence-electron chi connectivity index (χ4n) is 2.83. The van der Waals surface area contributed by atoms with Crippen LogP contribution < -0.4 is 16.0 Å². The van der Waals surface area contributed by atoms with Gasteiger partial charge in [-0.15, -0.1) is 24.0 Å². The highest BCUT2D eigenvalue weighted by atomic mass is 127. The number of carbonyl (C=O) groups is 1. The highest BCUT2D eigenvalue weighted by molar-refractivity contribution is 14.0. The van der Waals surface area contributed by atoms with Crippen LogP contribution in [-0.2, 0) is 4.79 Å². The van der Waals surface area contributed by atoms with E-state index in [9.17, 15) is 4.79 Å². The number of hydrogen-bond donors (Lipinski definition) is 3. The summed E-state index contributed by atoms with van der Waals surface area (Å²) in [6, 6.07) is 0. The first-order valence-corrected chi connectivity index (χ1v) is 8.82. The van der Waals surface area contributed by atoms with Crippen LogP contribution in [0.1, 0.15) is 47.0 Å². The molecule has 0 aliphatic carbocycles. The zero-order valence-electron chi connectivity index (χ0n) is 15.9. The summed E-state index contributed by atoms with van der Waals surface area (Å²) in [5.74, 6) is 1.47. The first-order valence-electron chi connectivity index (χ1n) is 8.82. The van der Waals surface area contributed by atoms with Crippen LogP contribution >= 0.6 is 24.0 Å². The van der Waals surface area contributed by atoms with Gasteiger partial charge in [0.1, 0.15) is 0 Å². The number of hydrogen-bond acceptors (Lipinski definition) is 3. The Morgan fingerprint density at radius 2 is 1.83 bits per heavy atom. The largest absolute Gasteiger partial charge is 0.356 e. The summed E-state index contributed by atoms with van der Waals surface area (Å²) in [7, 11) is 1.73. The Morgan fingerprint density at radius 1 is 1.21 bits per heavy atom. The molecule has 7 heteroatoms. The molecule has 1 saturated heterocycles.